The average molecular weight is 1040 g/mol. The molecule has 7 aromatic rings. The third-order valence-electron chi connectivity index (χ3n) is 12.5. The minimum absolute atomic E-state index is 0.0227. The van der Waals surface area contributed by atoms with Gasteiger partial charge in [-0.3, -0.25) is 19.0 Å². The number of aryl methyl sites for hydroxylation is 2. The summed E-state index contributed by atoms with van der Waals surface area (Å²) in [5.41, 5.74) is 14.1. The van der Waals surface area contributed by atoms with Crippen LogP contribution < -0.4 is 20.1 Å². The van der Waals surface area contributed by atoms with Gasteiger partial charge in [0.15, 0.2) is 10.3 Å². The molecule has 9 rings (SSSR count). The Morgan fingerprint density at radius 3 is 1.38 bits per heavy atom. The number of amides is 2. The smallest absolute Gasteiger partial charge is 0.263 e. The highest BCUT2D eigenvalue weighted by Gasteiger charge is 2.24. The number of nitrogens with one attached hydrogen (secondary N) is 6. The molecule has 5 aromatic heterocycles. The molecule has 72 heavy (non-hydrogen) atoms. The van der Waals surface area contributed by atoms with Gasteiger partial charge in [-0.05, 0) is 147 Å². The molecule has 8 bridgehead atoms. The second-order valence-corrected chi connectivity index (χ2v) is 22.1. The number of H-pyrrole nitrogens is 2. The molecule has 0 fully saturated rings. The number of aromatic amines is 2. The van der Waals surface area contributed by atoms with Crippen molar-refractivity contribution in [3.05, 3.63) is 154 Å². The average Bonchev–Trinajstić information content (AvgIpc) is 4.22. The molecular formula is C52H48N10O6S4. The van der Waals surface area contributed by atoms with Crippen molar-refractivity contribution in [3.63, 3.8) is 0 Å². The van der Waals surface area contributed by atoms with Crippen LogP contribution in [0.5, 0.6) is 0 Å². The fourth-order valence-electron chi connectivity index (χ4n) is 8.56. The van der Waals surface area contributed by atoms with E-state index in [2.05, 4.69) is 59.2 Å². The number of allylic oxidation sites excluding steroid dienone is 4. The molecule has 366 valence electrons. The third kappa shape index (κ3) is 10.3. The Labute approximate surface area is 424 Å². The second-order valence-electron chi connectivity index (χ2n) is 17.0. The van der Waals surface area contributed by atoms with Crippen LogP contribution in [0, 0.1) is 13.8 Å². The lowest BCUT2D eigenvalue weighted by molar-refractivity contribution is -0.116. The van der Waals surface area contributed by atoms with Crippen LogP contribution in [-0.2, 0) is 29.6 Å². The van der Waals surface area contributed by atoms with Gasteiger partial charge in [0.05, 0.1) is 32.6 Å². The van der Waals surface area contributed by atoms with Gasteiger partial charge in [-0.2, -0.15) is 0 Å². The van der Waals surface area contributed by atoms with Gasteiger partial charge in [0, 0.05) is 80.6 Å². The SMILES string of the molecule is C=Cc1c(C)c2cc3[nH]c(cc4nc(cc5nc(cc1[nH]2)C(C)=C5CCC(=O)Nc1ccc(S(=O)(=O)Nc2nccs2)cc1)C(CCC(=O)Nc1ccc(S(=O)(=O)Nc2nccs2)cc1)=C4C)c(C)c3C=C. The van der Waals surface area contributed by atoms with Crippen molar-refractivity contribution >= 4 is 133 Å². The minimum Gasteiger partial charge on any atom is -0.355 e. The Kier molecular flexibility index (Phi) is 13.8. The van der Waals surface area contributed by atoms with Gasteiger partial charge < -0.3 is 20.6 Å². The number of benzene rings is 2. The van der Waals surface area contributed by atoms with E-state index in [9.17, 15) is 26.4 Å². The number of rotatable bonds is 16. The maximum absolute atomic E-state index is 13.6. The van der Waals surface area contributed by atoms with Crippen molar-refractivity contribution in [2.24, 2.45) is 0 Å². The Bertz CT molecular complexity index is 3780. The molecule has 7 heterocycles. The van der Waals surface area contributed by atoms with Crippen LogP contribution in [0.15, 0.2) is 119 Å². The number of sulfonamides is 2. The quantitative estimate of drug-likeness (QED) is 0.0536. The van der Waals surface area contributed by atoms with Gasteiger partial charge in [0.1, 0.15) is 0 Å². The molecule has 20 heteroatoms. The van der Waals surface area contributed by atoms with Crippen molar-refractivity contribution in [1.82, 2.24) is 29.9 Å². The summed E-state index contributed by atoms with van der Waals surface area (Å²) in [6.45, 7) is 16.3. The number of nitrogens with zero attached hydrogens (tertiary/aromatic N) is 4. The molecule has 0 radical (unpaired) electrons. The zero-order chi connectivity index (χ0) is 50.9. The topological polar surface area (TPSA) is 234 Å². The molecule has 2 aliphatic heterocycles. The highest BCUT2D eigenvalue weighted by atomic mass is 32.2. The van der Waals surface area contributed by atoms with Crippen LogP contribution in [0.3, 0.4) is 0 Å². The Morgan fingerprint density at radius 1 is 0.569 bits per heavy atom. The molecule has 0 unspecified atom stereocenters. The summed E-state index contributed by atoms with van der Waals surface area (Å²) in [5.74, 6) is -0.573. The minimum atomic E-state index is -3.88. The molecule has 0 saturated heterocycles. The van der Waals surface area contributed by atoms with Crippen LogP contribution in [-0.4, -0.2) is 58.6 Å². The van der Waals surface area contributed by atoms with Crippen molar-refractivity contribution in [1.29, 1.82) is 0 Å². The lowest BCUT2D eigenvalue weighted by atomic mass is 9.98. The summed E-state index contributed by atoms with van der Waals surface area (Å²) in [5, 5.41) is 9.63. The van der Waals surface area contributed by atoms with E-state index in [0.29, 0.717) is 47.0 Å². The van der Waals surface area contributed by atoms with Gasteiger partial charge in [0.25, 0.3) is 20.0 Å². The van der Waals surface area contributed by atoms with E-state index in [1.54, 1.807) is 10.8 Å². The summed E-state index contributed by atoms with van der Waals surface area (Å²) in [7, 11) is -7.76. The summed E-state index contributed by atoms with van der Waals surface area (Å²) >= 11 is 2.33. The number of fused-ring (bicyclic) bond motifs is 8. The number of aromatic nitrogens is 6. The van der Waals surface area contributed by atoms with E-state index < -0.39 is 20.0 Å². The van der Waals surface area contributed by atoms with Gasteiger partial charge in [-0.25, -0.2) is 36.8 Å². The summed E-state index contributed by atoms with van der Waals surface area (Å²) in [4.78, 5) is 52.8. The first-order chi connectivity index (χ1) is 34.5. The zero-order valence-electron chi connectivity index (χ0n) is 39.5. The van der Waals surface area contributed by atoms with Crippen molar-refractivity contribution in [2.75, 3.05) is 20.1 Å². The summed E-state index contributed by atoms with van der Waals surface area (Å²) in [6, 6.07) is 19.8. The number of anilines is 4. The number of thiazole rings is 2. The van der Waals surface area contributed by atoms with E-state index >= 15 is 0 Å². The van der Waals surface area contributed by atoms with Crippen LogP contribution in [0.2, 0.25) is 0 Å². The Balaban J connectivity index is 1.04. The van der Waals surface area contributed by atoms with Crippen LogP contribution in [0.25, 0.3) is 56.5 Å². The highest BCUT2D eigenvalue weighted by Crippen LogP contribution is 2.39. The van der Waals surface area contributed by atoms with Gasteiger partial charge in [-0.15, -0.1) is 22.7 Å². The molecular weight excluding hydrogens is 989 g/mol. The number of carbonyl (C=O) groups excluding carboxylic acids is 2. The van der Waals surface area contributed by atoms with E-state index in [-0.39, 0.29) is 44.7 Å². The van der Waals surface area contributed by atoms with Gasteiger partial charge in [0.2, 0.25) is 11.8 Å². The fourth-order valence-corrected chi connectivity index (χ4v) is 12.1. The molecule has 2 amide bonds. The highest BCUT2D eigenvalue weighted by molar-refractivity contribution is 7.93. The second kappa shape index (κ2) is 20.1. The Hall–Kier alpha value is -7.78. The first-order valence-corrected chi connectivity index (χ1v) is 27.3. The first-order valence-electron chi connectivity index (χ1n) is 22.6. The molecule has 6 N–H and O–H groups in total. The summed E-state index contributed by atoms with van der Waals surface area (Å²) < 4.78 is 56.6. The van der Waals surface area contributed by atoms with E-state index in [4.69, 9.17) is 9.97 Å². The molecule has 16 nitrogen and oxygen atoms in total. The van der Waals surface area contributed by atoms with Crippen molar-refractivity contribution in [2.45, 2.75) is 63.2 Å². The van der Waals surface area contributed by atoms with E-state index in [1.807, 2.05) is 58.0 Å². The fraction of sp³-hybridized carbons (Fsp3) is 0.154. The normalized spacial score (nSPS) is 12.7. The lowest BCUT2D eigenvalue weighted by Crippen LogP contribution is -2.14. The standard InChI is InChI=1S/C52H48N10O6S4/c1-7-37-29(3)41-25-42-31(5)39(17-19-49(63)55-33-9-13-35(14-10-33)71(65,66)61-51-53-21-23-69-51)47(59-42)28-48-40(32(6)44(60-48)27-46-38(8-2)30(4)43(58-46)26-45(37)57-41)18-20-50(64)56-34-11-15-36(16-12-34)72(67,68)62-52-54-22-24-70-52/h7-16,21-28,57-58H,1-2,17-20H2,3-6H3,(H,53,61)(H,54,62)(H,55,63)(H,56,64). The molecule has 0 saturated carbocycles. The van der Waals surface area contributed by atoms with Crippen molar-refractivity contribution in [3.8, 4) is 0 Å². The van der Waals surface area contributed by atoms with Gasteiger partial charge >= 0.3 is 0 Å². The van der Waals surface area contributed by atoms with Crippen LogP contribution in [0.1, 0.15) is 84.6 Å². The predicted molar refractivity (Wildman–Crippen MR) is 290 cm³/mol. The number of carbonyl (C=O) groups is 2. The van der Waals surface area contributed by atoms with E-state index in [1.165, 1.54) is 60.9 Å². The first kappa shape index (κ1) is 49.2. The number of hydrogen-bond donors (Lipinski definition) is 6. The molecule has 0 atom stereocenters. The molecule has 2 aromatic carbocycles. The van der Waals surface area contributed by atoms with Crippen molar-refractivity contribution < 1.29 is 26.4 Å². The van der Waals surface area contributed by atoms with E-state index in [0.717, 1.165) is 89.3 Å². The maximum Gasteiger partial charge on any atom is 0.263 e. The molecule has 2 aliphatic rings. The molecule has 0 spiro atoms. The van der Waals surface area contributed by atoms with Crippen LogP contribution in [0.4, 0.5) is 21.6 Å². The third-order valence-corrected chi connectivity index (χ3v) is 16.8. The monoisotopic (exact) mass is 1040 g/mol. The maximum atomic E-state index is 13.6. The number of hydrogen-bond acceptors (Lipinski definition) is 12. The molecule has 0 aliphatic carbocycles. The lowest BCUT2D eigenvalue weighted by Gasteiger charge is -2.10. The Morgan fingerprint density at radius 2 is 0.972 bits per heavy atom. The summed E-state index contributed by atoms with van der Waals surface area (Å²) in [6.07, 6.45) is 7.42. The predicted octanol–water partition coefficient (Wildman–Crippen LogP) is 11.4. The zero-order valence-corrected chi connectivity index (χ0v) is 42.8. The van der Waals surface area contributed by atoms with Crippen LogP contribution >= 0.6 is 22.7 Å². The largest absolute Gasteiger partial charge is 0.355 e. The van der Waals surface area contributed by atoms with Gasteiger partial charge in [-0.1, -0.05) is 25.3 Å².